The number of halogens is 2. The zero-order valence-electron chi connectivity index (χ0n) is 12.3. The van der Waals surface area contributed by atoms with Crippen LogP contribution < -0.4 is 5.56 Å². The highest BCUT2D eigenvalue weighted by molar-refractivity contribution is 6.42. The average Bonchev–Trinajstić information content (AvgIpc) is 2.44. The summed E-state index contributed by atoms with van der Waals surface area (Å²) in [5, 5.41) is 11.2. The molecule has 0 unspecified atom stereocenters. The van der Waals surface area contributed by atoms with E-state index in [1.54, 1.807) is 20.8 Å². The van der Waals surface area contributed by atoms with Gasteiger partial charge >= 0.3 is 5.97 Å². The van der Waals surface area contributed by atoms with Gasteiger partial charge < -0.3 is 9.84 Å². The van der Waals surface area contributed by atoms with Crippen molar-refractivity contribution < 1.29 is 14.6 Å². The lowest BCUT2D eigenvalue weighted by molar-refractivity contribution is 0.0506. The molecule has 5 nitrogen and oxygen atoms in total. The number of fused-ring (bicyclic) bond motifs is 1. The van der Waals surface area contributed by atoms with Crippen molar-refractivity contribution >= 4 is 39.9 Å². The number of carbonyl (C=O) groups excluding carboxylic acids is 1. The fourth-order valence-electron chi connectivity index (χ4n) is 2.28. The molecule has 0 saturated carbocycles. The standard InChI is InChI=1S/C15H15Cl2NO4/c1-4-22-15(21)12-13(19)8-5-10(16)11(17)6-9(8)14(20)18(12)7(2)3/h5-7,19H,4H2,1-3H3. The highest BCUT2D eigenvalue weighted by Crippen LogP contribution is 2.34. The number of aromatic nitrogens is 1. The monoisotopic (exact) mass is 343 g/mol. The molecule has 0 saturated heterocycles. The average molecular weight is 344 g/mol. The molecule has 1 aromatic heterocycles. The van der Waals surface area contributed by atoms with Gasteiger partial charge in [0, 0.05) is 11.4 Å². The summed E-state index contributed by atoms with van der Waals surface area (Å²) in [4.78, 5) is 24.8. The fourth-order valence-corrected chi connectivity index (χ4v) is 2.61. The van der Waals surface area contributed by atoms with Crippen LogP contribution in [0.1, 0.15) is 37.3 Å². The van der Waals surface area contributed by atoms with Crippen LogP contribution in [-0.4, -0.2) is 22.2 Å². The third kappa shape index (κ3) is 2.66. The van der Waals surface area contributed by atoms with Crippen LogP contribution in [0.25, 0.3) is 10.8 Å². The Labute approximate surface area is 137 Å². The number of pyridine rings is 1. The Morgan fingerprint density at radius 3 is 2.32 bits per heavy atom. The van der Waals surface area contributed by atoms with Crippen molar-refractivity contribution in [2.24, 2.45) is 0 Å². The van der Waals surface area contributed by atoms with Crippen molar-refractivity contribution in [1.29, 1.82) is 0 Å². The Kier molecular flexibility index (Phi) is 4.68. The van der Waals surface area contributed by atoms with Gasteiger partial charge in [-0.3, -0.25) is 9.36 Å². The molecule has 0 aliphatic rings. The fraction of sp³-hybridized carbons (Fsp3) is 0.333. The van der Waals surface area contributed by atoms with Gasteiger partial charge in [0.15, 0.2) is 11.4 Å². The van der Waals surface area contributed by atoms with Gasteiger partial charge in [0.1, 0.15) is 0 Å². The van der Waals surface area contributed by atoms with Gasteiger partial charge in [0.2, 0.25) is 0 Å². The molecular weight excluding hydrogens is 329 g/mol. The molecule has 2 rings (SSSR count). The van der Waals surface area contributed by atoms with E-state index in [2.05, 4.69) is 0 Å². The molecule has 118 valence electrons. The van der Waals surface area contributed by atoms with Crippen LogP contribution in [0.15, 0.2) is 16.9 Å². The highest BCUT2D eigenvalue weighted by Gasteiger charge is 2.25. The first kappa shape index (κ1) is 16.6. The van der Waals surface area contributed by atoms with E-state index >= 15 is 0 Å². The van der Waals surface area contributed by atoms with Gasteiger partial charge in [-0.25, -0.2) is 4.79 Å². The van der Waals surface area contributed by atoms with Crippen LogP contribution in [0.3, 0.4) is 0 Å². The van der Waals surface area contributed by atoms with E-state index in [1.807, 2.05) is 0 Å². The largest absolute Gasteiger partial charge is 0.505 e. The molecule has 0 amide bonds. The van der Waals surface area contributed by atoms with E-state index in [4.69, 9.17) is 27.9 Å². The van der Waals surface area contributed by atoms with Crippen molar-refractivity contribution in [2.45, 2.75) is 26.8 Å². The Morgan fingerprint density at radius 1 is 1.27 bits per heavy atom. The maximum absolute atomic E-state index is 12.7. The predicted octanol–water partition coefficient (Wildman–Crippen LogP) is 3.77. The molecule has 22 heavy (non-hydrogen) atoms. The van der Waals surface area contributed by atoms with Gasteiger partial charge in [0.05, 0.1) is 22.0 Å². The van der Waals surface area contributed by atoms with Crippen molar-refractivity contribution in [2.75, 3.05) is 6.61 Å². The van der Waals surface area contributed by atoms with Crippen LogP contribution in [-0.2, 0) is 4.74 Å². The van der Waals surface area contributed by atoms with E-state index in [0.29, 0.717) is 0 Å². The van der Waals surface area contributed by atoms with Gasteiger partial charge in [-0.15, -0.1) is 0 Å². The lowest BCUT2D eigenvalue weighted by Crippen LogP contribution is -2.28. The summed E-state index contributed by atoms with van der Waals surface area (Å²) in [6.45, 7) is 5.23. The molecule has 0 radical (unpaired) electrons. The summed E-state index contributed by atoms with van der Waals surface area (Å²) in [5.74, 6) is -1.11. The van der Waals surface area contributed by atoms with E-state index in [-0.39, 0.29) is 44.9 Å². The Balaban J connectivity index is 2.97. The van der Waals surface area contributed by atoms with E-state index in [9.17, 15) is 14.7 Å². The van der Waals surface area contributed by atoms with Crippen molar-refractivity contribution in [1.82, 2.24) is 4.57 Å². The van der Waals surface area contributed by atoms with Crippen molar-refractivity contribution in [3.8, 4) is 5.75 Å². The lowest BCUT2D eigenvalue weighted by atomic mass is 10.1. The second-order valence-electron chi connectivity index (χ2n) is 5.00. The quantitative estimate of drug-likeness (QED) is 0.861. The summed E-state index contributed by atoms with van der Waals surface area (Å²) >= 11 is 11.9. The number of ether oxygens (including phenoxy) is 1. The number of carbonyl (C=O) groups is 1. The molecule has 1 N–H and O–H groups in total. The van der Waals surface area contributed by atoms with Gasteiger partial charge in [0.25, 0.3) is 5.56 Å². The lowest BCUT2D eigenvalue weighted by Gasteiger charge is -2.18. The molecule has 2 aromatic rings. The van der Waals surface area contributed by atoms with Crippen LogP contribution in [0.5, 0.6) is 5.75 Å². The number of benzene rings is 1. The van der Waals surface area contributed by atoms with E-state index in [0.717, 1.165) is 0 Å². The number of hydrogen-bond acceptors (Lipinski definition) is 4. The zero-order valence-corrected chi connectivity index (χ0v) is 13.8. The van der Waals surface area contributed by atoms with E-state index < -0.39 is 11.5 Å². The number of esters is 1. The molecule has 1 heterocycles. The minimum Gasteiger partial charge on any atom is -0.505 e. The summed E-state index contributed by atoms with van der Waals surface area (Å²) in [6.07, 6.45) is 0. The highest BCUT2D eigenvalue weighted by atomic mass is 35.5. The Hall–Kier alpha value is -1.72. The summed E-state index contributed by atoms with van der Waals surface area (Å²) < 4.78 is 6.13. The van der Waals surface area contributed by atoms with Crippen LogP contribution in [0.2, 0.25) is 10.0 Å². The summed E-state index contributed by atoms with van der Waals surface area (Å²) in [6, 6.07) is 2.40. The maximum atomic E-state index is 12.7. The minimum absolute atomic E-state index is 0.129. The normalized spacial score (nSPS) is 11.2. The van der Waals surface area contributed by atoms with Crippen LogP contribution in [0, 0.1) is 0 Å². The van der Waals surface area contributed by atoms with Crippen molar-refractivity contribution in [3.05, 3.63) is 38.2 Å². The Morgan fingerprint density at radius 2 is 1.82 bits per heavy atom. The molecule has 0 aliphatic heterocycles. The number of nitrogens with zero attached hydrogens (tertiary/aromatic N) is 1. The predicted molar refractivity (Wildman–Crippen MR) is 86.2 cm³/mol. The minimum atomic E-state index is -0.765. The molecular formula is C15H15Cl2NO4. The van der Waals surface area contributed by atoms with Gasteiger partial charge in [-0.1, -0.05) is 23.2 Å². The van der Waals surface area contributed by atoms with Gasteiger partial charge in [-0.2, -0.15) is 0 Å². The molecule has 0 spiro atoms. The first-order valence-electron chi connectivity index (χ1n) is 6.72. The molecule has 0 fully saturated rings. The summed E-state index contributed by atoms with van der Waals surface area (Å²) in [5.41, 5.74) is -0.628. The van der Waals surface area contributed by atoms with Crippen LogP contribution in [0.4, 0.5) is 0 Å². The van der Waals surface area contributed by atoms with E-state index in [1.165, 1.54) is 16.7 Å². The number of rotatable bonds is 3. The third-order valence-corrected chi connectivity index (χ3v) is 3.94. The zero-order chi connectivity index (χ0) is 16.6. The maximum Gasteiger partial charge on any atom is 0.358 e. The topological polar surface area (TPSA) is 68.5 Å². The van der Waals surface area contributed by atoms with Gasteiger partial charge in [-0.05, 0) is 32.9 Å². The smallest absolute Gasteiger partial charge is 0.358 e. The molecule has 1 aromatic carbocycles. The van der Waals surface area contributed by atoms with Crippen LogP contribution >= 0.6 is 23.2 Å². The number of hydrogen-bond donors (Lipinski definition) is 1. The SMILES string of the molecule is CCOC(=O)c1c(O)c2cc(Cl)c(Cl)cc2c(=O)n1C(C)C. The molecule has 0 aliphatic carbocycles. The molecule has 0 atom stereocenters. The molecule has 7 heteroatoms. The number of aromatic hydroxyl groups is 1. The van der Waals surface area contributed by atoms with Crippen molar-refractivity contribution in [3.63, 3.8) is 0 Å². The first-order valence-corrected chi connectivity index (χ1v) is 7.48. The second kappa shape index (κ2) is 6.18. The summed E-state index contributed by atoms with van der Waals surface area (Å²) in [7, 11) is 0. The second-order valence-corrected chi connectivity index (χ2v) is 5.81. The third-order valence-electron chi connectivity index (χ3n) is 3.22. The molecule has 0 bridgehead atoms. The Bertz CT molecular complexity index is 812. The first-order chi connectivity index (χ1) is 10.3.